The average molecular weight is 320 g/mol. The van der Waals surface area contributed by atoms with E-state index in [9.17, 15) is 19.5 Å². The summed E-state index contributed by atoms with van der Waals surface area (Å²) in [6, 6.07) is 6.56. The van der Waals surface area contributed by atoms with Crippen molar-refractivity contribution in [1.29, 1.82) is 0 Å². The maximum Gasteiger partial charge on any atom is 0.311 e. The molecule has 0 fully saturated rings. The number of nitrogens with one attached hydrogen (secondary N) is 2. The van der Waals surface area contributed by atoms with Crippen LogP contribution in [0, 0.1) is 5.41 Å². The Balaban J connectivity index is 2.80. The van der Waals surface area contributed by atoms with Gasteiger partial charge in [0.25, 0.3) is 5.91 Å². The fourth-order valence-electron chi connectivity index (χ4n) is 2.22. The van der Waals surface area contributed by atoms with Crippen LogP contribution in [0.2, 0.25) is 0 Å². The molecule has 1 aromatic rings. The van der Waals surface area contributed by atoms with E-state index in [1.165, 1.54) is 0 Å². The zero-order chi connectivity index (χ0) is 17.5. The summed E-state index contributed by atoms with van der Waals surface area (Å²) in [7, 11) is 0. The van der Waals surface area contributed by atoms with Crippen LogP contribution in [0.3, 0.4) is 0 Å². The number of anilines is 1. The number of hydrogen-bond donors (Lipinski definition) is 3. The molecular weight excluding hydrogens is 296 g/mol. The minimum absolute atomic E-state index is 0.0692. The predicted molar refractivity (Wildman–Crippen MR) is 88.3 cm³/mol. The van der Waals surface area contributed by atoms with Crippen LogP contribution in [0.25, 0.3) is 0 Å². The van der Waals surface area contributed by atoms with E-state index in [1.807, 2.05) is 0 Å². The molecule has 2 amide bonds. The highest BCUT2D eigenvalue weighted by molar-refractivity contribution is 5.97. The van der Waals surface area contributed by atoms with Gasteiger partial charge in [-0.05, 0) is 31.0 Å². The Labute approximate surface area is 136 Å². The van der Waals surface area contributed by atoms with Crippen LogP contribution in [0.4, 0.5) is 5.69 Å². The lowest BCUT2D eigenvalue weighted by atomic mass is 9.82. The summed E-state index contributed by atoms with van der Waals surface area (Å²) >= 11 is 0. The van der Waals surface area contributed by atoms with Crippen LogP contribution in [-0.2, 0) is 9.59 Å². The van der Waals surface area contributed by atoms with Crippen molar-refractivity contribution < 1.29 is 19.5 Å². The molecule has 0 atom stereocenters. The number of carbonyl (C=O) groups excluding carboxylic acids is 2. The molecule has 0 saturated heterocycles. The van der Waals surface area contributed by atoms with Gasteiger partial charge in [0, 0.05) is 24.2 Å². The molecule has 0 aliphatic heterocycles. The van der Waals surface area contributed by atoms with Gasteiger partial charge in [0.2, 0.25) is 5.91 Å². The molecule has 0 bridgehead atoms. The van der Waals surface area contributed by atoms with E-state index < -0.39 is 11.4 Å². The minimum atomic E-state index is -0.955. The summed E-state index contributed by atoms with van der Waals surface area (Å²) in [6.45, 7) is 5.40. The highest BCUT2D eigenvalue weighted by atomic mass is 16.4. The summed E-state index contributed by atoms with van der Waals surface area (Å²) in [5.74, 6) is -1.40. The maximum absolute atomic E-state index is 12.2. The van der Waals surface area contributed by atoms with E-state index in [-0.39, 0.29) is 18.4 Å². The van der Waals surface area contributed by atoms with E-state index in [2.05, 4.69) is 10.6 Å². The Morgan fingerprint density at radius 1 is 1.13 bits per heavy atom. The zero-order valence-corrected chi connectivity index (χ0v) is 13.8. The third kappa shape index (κ3) is 4.81. The molecule has 6 nitrogen and oxygen atoms in total. The molecule has 0 saturated carbocycles. The fourth-order valence-corrected chi connectivity index (χ4v) is 2.22. The number of hydrogen-bond acceptors (Lipinski definition) is 3. The predicted octanol–water partition coefficient (Wildman–Crippen LogP) is 2.66. The lowest BCUT2D eigenvalue weighted by Gasteiger charge is -2.26. The Bertz CT molecular complexity index is 580. The van der Waals surface area contributed by atoms with Gasteiger partial charge in [0.1, 0.15) is 0 Å². The van der Waals surface area contributed by atoms with Gasteiger partial charge in [-0.1, -0.05) is 26.8 Å². The minimum Gasteiger partial charge on any atom is -0.481 e. The molecule has 1 aromatic carbocycles. The number of carboxylic acids is 1. The molecule has 0 heterocycles. The highest BCUT2D eigenvalue weighted by Gasteiger charge is 2.35. The third-order valence-electron chi connectivity index (χ3n) is 4.12. The van der Waals surface area contributed by atoms with Crippen LogP contribution in [0.15, 0.2) is 24.3 Å². The molecule has 23 heavy (non-hydrogen) atoms. The van der Waals surface area contributed by atoms with Crippen molar-refractivity contribution in [3.8, 4) is 0 Å². The van der Waals surface area contributed by atoms with Gasteiger partial charge in [0.05, 0.1) is 5.41 Å². The van der Waals surface area contributed by atoms with E-state index in [1.54, 1.807) is 45.0 Å². The fraction of sp³-hybridized carbons (Fsp3) is 0.471. The molecule has 3 N–H and O–H groups in total. The van der Waals surface area contributed by atoms with Gasteiger partial charge < -0.3 is 15.7 Å². The van der Waals surface area contributed by atoms with Crippen molar-refractivity contribution in [1.82, 2.24) is 5.32 Å². The normalized spacial score (nSPS) is 10.9. The van der Waals surface area contributed by atoms with Gasteiger partial charge in [-0.2, -0.15) is 0 Å². The smallest absolute Gasteiger partial charge is 0.311 e. The molecule has 0 spiro atoms. The lowest BCUT2D eigenvalue weighted by molar-refractivity contribution is -0.149. The second kappa shape index (κ2) is 8.31. The maximum atomic E-state index is 12.2. The summed E-state index contributed by atoms with van der Waals surface area (Å²) in [6.07, 6.45) is 1.22. The SMILES string of the molecule is CCC(=O)Nc1cccc(C(=O)NCC(CC)(CC)C(=O)O)c1. The highest BCUT2D eigenvalue weighted by Crippen LogP contribution is 2.25. The van der Waals surface area contributed by atoms with Gasteiger partial charge in [-0.3, -0.25) is 14.4 Å². The monoisotopic (exact) mass is 320 g/mol. The Kier molecular flexibility index (Phi) is 6.75. The van der Waals surface area contributed by atoms with Crippen molar-refractivity contribution in [2.45, 2.75) is 40.0 Å². The van der Waals surface area contributed by atoms with Gasteiger partial charge in [-0.15, -0.1) is 0 Å². The van der Waals surface area contributed by atoms with Crippen LogP contribution in [-0.4, -0.2) is 29.4 Å². The summed E-state index contributed by atoms with van der Waals surface area (Å²) in [5, 5.41) is 14.8. The Morgan fingerprint density at radius 3 is 2.30 bits per heavy atom. The molecule has 0 aliphatic carbocycles. The Morgan fingerprint density at radius 2 is 1.78 bits per heavy atom. The largest absolute Gasteiger partial charge is 0.481 e. The van der Waals surface area contributed by atoms with Crippen molar-refractivity contribution >= 4 is 23.5 Å². The van der Waals surface area contributed by atoms with Crippen molar-refractivity contribution in [2.24, 2.45) is 5.41 Å². The standard InChI is InChI=1S/C17H24N2O4/c1-4-14(20)19-13-9-7-8-12(10-13)15(21)18-11-17(5-2,6-3)16(22)23/h7-10H,4-6,11H2,1-3H3,(H,18,21)(H,19,20)(H,22,23). The third-order valence-corrected chi connectivity index (χ3v) is 4.12. The zero-order valence-electron chi connectivity index (χ0n) is 13.8. The summed E-state index contributed by atoms with van der Waals surface area (Å²) in [4.78, 5) is 35.1. The number of rotatable bonds is 8. The van der Waals surface area contributed by atoms with Crippen molar-refractivity contribution in [2.75, 3.05) is 11.9 Å². The average Bonchev–Trinajstić information content (AvgIpc) is 2.55. The first-order valence-corrected chi connectivity index (χ1v) is 7.80. The first kappa shape index (κ1) is 18.7. The molecule has 1 rings (SSSR count). The van der Waals surface area contributed by atoms with Crippen LogP contribution in [0.5, 0.6) is 0 Å². The molecule has 0 unspecified atom stereocenters. The number of carboxylic acid groups (broad SMARTS) is 1. The van der Waals surface area contributed by atoms with Crippen LogP contribution < -0.4 is 10.6 Å². The molecule has 0 aliphatic rings. The first-order valence-electron chi connectivity index (χ1n) is 7.80. The Hall–Kier alpha value is -2.37. The number of carbonyl (C=O) groups is 3. The number of aliphatic carboxylic acids is 1. The second-order valence-electron chi connectivity index (χ2n) is 5.46. The van der Waals surface area contributed by atoms with E-state index in [0.29, 0.717) is 30.5 Å². The molecule has 0 radical (unpaired) electrons. The van der Waals surface area contributed by atoms with Crippen molar-refractivity contribution in [3.05, 3.63) is 29.8 Å². The van der Waals surface area contributed by atoms with Gasteiger partial charge >= 0.3 is 5.97 Å². The molecule has 6 heteroatoms. The van der Waals surface area contributed by atoms with Crippen LogP contribution >= 0.6 is 0 Å². The summed E-state index contributed by atoms with van der Waals surface area (Å²) < 4.78 is 0. The van der Waals surface area contributed by atoms with E-state index >= 15 is 0 Å². The number of benzene rings is 1. The molecular formula is C17H24N2O4. The first-order chi connectivity index (χ1) is 10.9. The lowest BCUT2D eigenvalue weighted by Crippen LogP contribution is -2.42. The quantitative estimate of drug-likeness (QED) is 0.686. The van der Waals surface area contributed by atoms with Gasteiger partial charge in [0.15, 0.2) is 0 Å². The second-order valence-corrected chi connectivity index (χ2v) is 5.46. The molecule has 0 aromatic heterocycles. The molecule has 126 valence electrons. The van der Waals surface area contributed by atoms with E-state index in [4.69, 9.17) is 0 Å². The summed E-state index contributed by atoms with van der Waals surface area (Å²) in [5.41, 5.74) is -0.0330. The van der Waals surface area contributed by atoms with Gasteiger partial charge in [-0.25, -0.2) is 0 Å². The van der Waals surface area contributed by atoms with E-state index in [0.717, 1.165) is 0 Å². The van der Waals surface area contributed by atoms with Crippen LogP contribution in [0.1, 0.15) is 50.4 Å². The number of amides is 2. The van der Waals surface area contributed by atoms with Crippen molar-refractivity contribution in [3.63, 3.8) is 0 Å². The topological polar surface area (TPSA) is 95.5 Å².